The second-order valence-electron chi connectivity index (χ2n) is 9.36. The summed E-state index contributed by atoms with van der Waals surface area (Å²) in [7, 11) is -3.87. The van der Waals surface area contributed by atoms with Crippen molar-refractivity contribution < 1.29 is 27.5 Å². The van der Waals surface area contributed by atoms with Crippen molar-refractivity contribution >= 4 is 27.5 Å². The van der Waals surface area contributed by atoms with Crippen LogP contribution in [0.5, 0.6) is 11.5 Å². The summed E-state index contributed by atoms with van der Waals surface area (Å²) < 4.78 is 37.6. The zero-order valence-electron chi connectivity index (χ0n) is 22.3. The van der Waals surface area contributed by atoms with Gasteiger partial charge in [0.15, 0.2) is 11.5 Å². The second kappa shape index (κ2) is 12.2. The third-order valence-corrected chi connectivity index (χ3v) is 7.69. The van der Waals surface area contributed by atoms with Crippen molar-refractivity contribution in [3.8, 4) is 11.5 Å². The number of carbonyl (C=O) groups is 2. The van der Waals surface area contributed by atoms with Crippen molar-refractivity contribution in [2.45, 2.75) is 32.9 Å². The van der Waals surface area contributed by atoms with Crippen molar-refractivity contribution in [1.82, 2.24) is 10.2 Å². The molecule has 0 radical (unpaired) electrons. The number of carbonyl (C=O) groups excluding carboxylic acids is 2. The highest BCUT2D eigenvalue weighted by Crippen LogP contribution is 2.36. The lowest BCUT2D eigenvalue weighted by Gasteiger charge is -2.33. The number of likely N-dealkylation sites (N-methyl/N-ethyl adjacent to an activating group) is 1. The average molecular weight is 552 g/mol. The Bertz CT molecular complexity index is 1430. The summed E-state index contributed by atoms with van der Waals surface area (Å²) in [6, 6.07) is 20.9. The zero-order chi connectivity index (χ0) is 28.0. The number of rotatable bonds is 11. The summed E-state index contributed by atoms with van der Waals surface area (Å²) in [5.41, 5.74) is 2.97. The van der Waals surface area contributed by atoms with Crippen LogP contribution in [0.2, 0.25) is 0 Å². The van der Waals surface area contributed by atoms with E-state index >= 15 is 0 Å². The topological polar surface area (TPSA) is 105 Å². The third-order valence-electron chi connectivity index (χ3n) is 6.55. The van der Waals surface area contributed by atoms with Crippen molar-refractivity contribution in [2.75, 3.05) is 30.4 Å². The van der Waals surface area contributed by atoms with Gasteiger partial charge in [0.2, 0.25) is 28.6 Å². The zero-order valence-corrected chi connectivity index (χ0v) is 23.1. The number of nitrogens with one attached hydrogen (secondary N) is 1. The number of amides is 2. The predicted octanol–water partition coefficient (Wildman–Crippen LogP) is 3.27. The van der Waals surface area contributed by atoms with Gasteiger partial charge in [-0.2, -0.15) is 0 Å². The van der Waals surface area contributed by atoms with E-state index in [1.54, 1.807) is 12.1 Å². The first kappa shape index (κ1) is 28.0. The SMILES string of the molecule is CCNC(=O)[C@@H](Cc1ccccc1)N(Cc1ccccc1C)C(=O)CN(c1ccc2c(c1)OCO2)S(C)(=O)=O. The monoisotopic (exact) mass is 551 g/mol. The average Bonchev–Trinajstić information content (AvgIpc) is 3.38. The van der Waals surface area contributed by atoms with E-state index in [-0.39, 0.29) is 31.4 Å². The van der Waals surface area contributed by atoms with E-state index in [2.05, 4.69) is 5.32 Å². The molecular formula is C29H33N3O6S. The molecule has 2 amide bonds. The molecule has 0 fully saturated rings. The van der Waals surface area contributed by atoms with Crippen LogP contribution >= 0.6 is 0 Å². The highest BCUT2D eigenvalue weighted by molar-refractivity contribution is 7.92. The molecule has 0 unspecified atom stereocenters. The lowest BCUT2D eigenvalue weighted by Crippen LogP contribution is -2.53. The largest absolute Gasteiger partial charge is 0.454 e. The van der Waals surface area contributed by atoms with E-state index in [9.17, 15) is 18.0 Å². The number of nitrogens with zero attached hydrogens (tertiary/aromatic N) is 2. The summed E-state index contributed by atoms with van der Waals surface area (Å²) >= 11 is 0. The number of hydrogen-bond acceptors (Lipinski definition) is 6. The lowest BCUT2D eigenvalue weighted by molar-refractivity contribution is -0.140. The Morgan fingerprint density at radius 1 is 0.974 bits per heavy atom. The van der Waals surface area contributed by atoms with E-state index in [1.165, 1.54) is 11.0 Å². The second-order valence-corrected chi connectivity index (χ2v) is 11.3. The van der Waals surface area contributed by atoms with Gasteiger partial charge >= 0.3 is 0 Å². The lowest BCUT2D eigenvalue weighted by atomic mass is 10.0. The van der Waals surface area contributed by atoms with E-state index < -0.39 is 28.5 Å². The van der Waals surface area contributed by atoms with Gasteiger partial charge in [0.05, 0.1) is 11.9 Å². The van der Waals surface area contributed by atoms with Crippen LogP contribution in [0.1, 0.15) is 23.6 Å². The van der Waals surface area contributed by atoms with E-state index in [1.807, 2.05) is 68.4 Å². The maximum atomic E-state index is 14.0. The van der Waals surface area contributed by atoms with Gasteiger partial charge in [-0.1, -0.05) is 54.6 Å². The maximum Gasteiger partial charge on any atom is 0.244 e. The summed E-state index contributed by atoms with van der Waals surface area (Å²) in [5, 5.41) is 2.85. The quantitative estimate of drug-likeness (QED) is 0.392. The number of hydrogen-bond donors (Lipinski definition) is 1. The first-order valence-electron chi connectivity index (χ1n) is 12.7. The van der Waals surface area contributed by atoms with Crippen LogP contribution in [0.3, 0.4) is 0 Å². The van der Waals surface area contributed by atoms with Crippen LogP contribution in [-0.4, -0.2) is 57.3 Å². The van der Waals surface area contributed by atoms with E-state index in [0.29, 0.717) is 18.0 Å². The summed E-state index contributed by atoms with van der Waals surface area (Å²) in [6.07, 6.45) is 1.31. The molecule has 3 aromatic rings. The van der Waals surface area contributed by atoms with Crippen LogP contribution in [0, 0.1) is 6.92 Å². The van der Waals surface area contributed by atoms with Crippen LogP contribution in [0.4, 0.5) is 5.69 Å². The van der Waals surface area contributed by atoms with Crippen LogP contribution < -0.4 is 19.1 Å². The minimum atomic E-state index is -3.87. The molecule has 0 aliphatic carbocycles. The Balaban J connectivity index is 1.72. The van der Waals surface area contributed by atoms with Crippen molar-refractivity contribution in [3.05, 3.63) is 89.5 Å². The molecular weight excluding hydrogens is 518 g/mol. The minimum Gasteiger partial charge on any atom is -0.454 e. The molecule has 1 aliphatic heterocycles. The first-order chi connectivity index (χ1) is 18.7. The number of sulfonamides is 1. The van der Waals surface area contributed by atoms with Gasteiger partial charge in [-0.15, -0.1) is 0 Å². The highest BCUT2D eigenvalue weighted by atomic mass is 32.2. The molecule has 0 saturated carbocycles. The molecule has 10 heteroatoms. The number of fused-ring (bicyclic) bond motifs is 1. The molecule has 9 nitrogen and oxygen atoms in total. The highest BCUT2D eigenvalue weighted by Gasteiger charge is 2.33. The number of aryl methyl sites for hydroxylation is 1. The standard InChI is InChI=1S/C29H33N3O6S/c1-4-30-29(34)25(16-22-11-6-5-7-12-22)31(18-23-13-9-8-10-21(23)2)28(33)19-32(39(3,35)36)24-14-15-26-27(17-24)38-20-37-26/h5-15,17,25H,4,16,18-20H2,1-3H3,(H,30,34)/t25-/m1/s1. The minimum absolute atomic E-state index is 0.0362. The summed E-state index contributed by atoms with van der Waals surface area (Å²) in [6.45, 7) is 3.83. The molecule has 206 valence electrons. The van der Waals surface area contributed by atoms with Crippen molar-refractivity contribution in [2.24, 2.45) is 0 Å². The third kappa shape index (κ3) is 6.88. The number of benzene rings is 3. The number of ether oxygens (including phenoxy) is 2. The molecule has 0 bridgehead atoms. The van der Waals surface area contributed by atoms with Crippen LogP contribution in [0.25, 0.3) is 0 Å². The molecule has 39 heavy (non-hydrogen) atoms. The van der Waals surface area contributed by atoms with Gasteiger partial charge in [0, 0.05) is 25.6 Å². The van der Waals surface area contributed by atoms with Crippen LogP contribution in [0.15, 0.2) is 72.8 Å². The van der Waals surface area contributed by atoms with Gasteiger partial charge in [-0.05, 0) is 42.7 Å². The summed E-state index contributed by atoms with van der Waals surface area (Å²) in [4.78, 5) is 28.9. The molecule has 0 spiro atoms. The Morgan fingerprint density at radius 2 is 1.67 bits per heavy atom. The number of anilines is 1. The van der Waals surface area contributed by atoms with Gasteiger partial charge < -0.3 is 19.7 Å². The van der Waals surface area contributed by atoms with Gasteiger partial charge in [0.25, 0.3) is 0 Å². The Morgan fingerprint density at radius 3 is 2.36 bits per heavy atom. The Kier molecular flexibility index (Phi) is 8.75. The van der Waals surface area contributed by atoms with E-state index in [4.69, 9.17) is 9.47 Å². The molecule has 0 aromatic heterocycles. The summed E-state index contributed by atoms with van der Waals surface area (Å²) in [5.74, 6) is 0.0827. The molecule has 1 N–H and O–H groups in total. The molecule has 1 aliphatic rings. The molecule has 4 rings (SSSR count). The molecule has 0 saturated heterocycles. The van der Waals surface area contributed by atoms with Gasteiger partial charge in [0.1, 0.15) is 12.6 Å². The van der Waals surface area contributed by atoms with Gasteiger partial charge in [-0.25, -0.2) is 8.42 Å². The Hall–Kier alpha value is -4.05. The fourth-order valence-electron chi connectivity index (χ4n) is 4.47. The normalized spacial score (nSPS) is 13.0. The van der Waals surface area contributed by atoms with Crippen molar-refractivity contribution in [3.63, 3.8) is 0 Å². The Labute approximate surface area is 229 Å². The van der Waals surface area contributed by atoms with Gasteiger partial charge in [-0.3, -0.25) is 13.9 Å². The predicted molar refractivity (Wildman–Crippen MR) is 149 cm³/mol. The fraction of sp³-hybridized carbons (Fsp3) is 0.310. The molecule has 1 heterocycles. The fourth-order valence-corrected chi connectivity index (χ4v) is 5.31. The maximum absolute atomic E-state index is 14.0. The smallest absolute Gasteiger partial charge is 0.244 e. The van der Waals surface area contributed by atoms with Crippen LogP contribution in [-0.2, 0) is 32.6 Å². The molecule has 3 aromatic carbocycles. The first-order valence-corrected chi connectivity index (χ1v) is 14.5. The van der Waals surface area contributed by atoms with E-state index in [0.717, 1.165) is 27.3 Å². The molecule has 1 atom stereocenters. The van der Waals surface area contributed by atoms with Crippen molar-refractivity contribution in [1.29, 1.82) is 0 Å².